The first-order valence-corrected chi connectivity index (χ1v) is 7.96. The number of nitrogens with two attached hydrogens (primary N) is 1. The van der Waals surface area contributed by atoms with Crippen molar-refractivity contribution in [2.24, 2.45) is 5.84 Å². The summed E-state index contributed by atoms with van der Waals surface area (Å²) in [7, 11) is 0. The molecule has 3 N–H and O–H groups in total. The average molecular weight is 370 g/mol. The van der Waals surface area contributed by atoms with Crippen LogP contribution in [0, 0.1) is 0 Å². The van der Waals surface area contributed by atoms with Crippen LogP contribution in [-0.4, -0.2) is 6.61 Å². The molecule has 0 radical (unpaired) electrons. The zero-order valence-corrected chi connectivity index (χ0v) is 14.1. The van der Waals surface area contributed by atoms with Crippen molar-refractivity contribution in [2.75, 3.05) is 6.61 Å². The second kappa shape index (κ2) is 7.80. The molecule has 0 fully saturated rings. The number of benzene rings is 2. The van der Waals surface area contributed by atoms with Gasteiger partial charge in [-0.25, -0.2) is 5.43 Å². The van der Waals surface area contributed by atoms with E-state index in [1.807, 2.05) is 42.5 Å². The molecule has 0 saturated carbocycles. The maximum Gasteiger partial charge on any atom is 0.119 e. The molecule has 0 aliphatic carbocycles. The molecule has 0 aromatic heterocycles. The minimum Gasteiger partial charge on any atom is -0.494 e. The van der Waals surface area contributed by atoms with Crippen LogP contribution in [0.25, 0.3) is 0 Å². The molecule has 0 amide bonds. The molecule has 3 nitrogen and oxygen atoms in total. The Morgan fingerprint density at radius 2 is 1.95 bits per heavy atom. The smallest absolute Gasteiger partial charge is 0.119 e. The van der Waals surface area contributed by atoms with E-state index in [-0.39, 0.29) is 6.04 Å². The SMILES string of the molecule is CCCOc1ccc(C(NN)c2cc(Br)ccc2Cl)cc1. The van der Waals surface area contributed by atoms with E-state index in [4.69, 9.17) is 22.2 Å². The van der Waals surface area contributed by atoms with Gasteiger partial charge in [-0.05, 0) is 47.9 Å². The van der Waals surface area contributed by atoms with Gasteiger partial charge in [-0.2, -0.15) is 0 Å². The number of halogens is 2. The van der Waals surface area contributed by atoms with Crippen molar-refractivity contribution < 1.29 is 4.74 Å². The minimum absolute atomic E-state index is 0.171. The summed E-state index contributed by atoms with van der Waals surface area (Å²) >= 11 is 9.74. The molecule has 2 rings (SSSR count). The van der Waals surface area contributed by atoms with Crippen LogP contribution in [0.1, 0.15) is 30.5 Å². The Morgan fingerprint density at radius 3 is 2.57 bits per heavy atom. The van der Waals surface area contributed by atoms with E-state index >= 15 is 0 Å². The van der Waals surface area contributed by atoms with Crippen LogP contribution in [0.15, 0.2) is 46.9 Å². The monoisotopic (exact) mass is 368 g/mol. The number of hydrogen-bond donors (Lipinski definition) is 2. The van der Waals surface area contributed by atoms with Crippen molar-refractivity contribution in [1.82, 2.24) is 5.43 Å². The van der Waals surface area contributed by atoms with E-state index < -0.39 is 0 Å². The van der Waals surface area contributed by atoms with Crippen molar-refractivity contribution in [1.29, 1.82) is 0 Å². The number of nitrogens with one attached hydrogen (secondary N) is 1. The topological polar surface area (TPSA) is 47.3 Å². The third-order valence-electron chi connectivity index (χ3n) is 3.12. The predicted molar refractivity (Wildman–Crippen MR) is 90.5 cm³/mol. The highest BCUT2D eigenvalue weighted by Gasteiger charge is 2.16. The maximum absolute atomic E-state index is 6.28. The zero-order valence-electron chi connectivity index (χ0n) is 11.8. The van der Waals surface area contributed by atoms with Gasteiger partial charge in [-0.3, -0.25) is 5.84 Å². The number of rotatable bonds is 6. The van der Waals surface area contributed by atoms with Crippen molar-refractivity contribution in [3.8, 4) is 5.75 Å². The Bertz CT molecular complexity index is 589. The van der Waals surface area contributed by atoms with Gasteiger partial charge in [0, 0.05) is 9.50 Å². The van der Waals surface area contributed by atoms with Crippen LogP contribution in [0.5, 0.6) is 5.75 Å². The van der Waals surface area contributed by atoms with E-state index in [9.17, 15) is 0 Å². The molecule has 0 bridgehead atoms. The van der Waals surface area contributed by atoms with Gasteiger partial charge in [0.25, 0.3) is 0 Å². The van der Waals surface area contributed by atoms with Gasteiger partial charge in [0.2, 0.25) is 0 Å². The Morgan fingerprint density at radius 1 is 1.24 bits per heavy atom. The second-order valence-electron chi connectivity index (χ2n) is 4.68. The standard InChI is InChI=1S/C16H18BrClN2O/c1-2-9-21-13-6-3-11(4-7-13)16(20-19)14-10-12(17)5-8-15(14)18/h3-8,10,16,20H,2,9,19H2,1H3. The van der Waals surface area contributed by atoms with Crippen LogP contribution in [0.3, 0.4) is 0 Å². The summed E-state index contributed by atoms with van der Waals surface area (Å²) in [4.78, 5) is 0. The molecule has 1 unspecified atom stereocenters. The fourth-order valence-electron chi connectivity index (χ4n) is 2.08. The Labute approximate surface area is 138 Å². The molecular formula is C16H18BrClN2O. The molecule has 2 aromatic carbocycles. The van der Waals surface area contributed by atoms with Crippen LogP contribution in [0.2, 0.25) is 5.02 Å². The molecule has 0 spiro atoms. The second-order valence-corrected chi connectivity index (χ2v) is 6.01. The van der Waals surface area contributed by atoms with Gasteiger partial charge in [0.15, 0.2) is 0 Å². The summed E-state index contributed by atoms with van der Waals surface area (Å²) in [5.74, 6) is 6.58. The summed E-state index contributed by atoms with van der Waals surface area (Å²) < 4.78 is 6.55. The number of hydrogen-bond acceptors (Lipinski definition) is 3. The van der Waals surface area contributed by atoms with Gasteiger partial charge < -0.3 is 4.74 Å². The Kier molecular flexibility index (Phi) is 6.06. The molecule has 0 heterocycles. The zero-order chi connectivity index (χ0) is 15.2. The molecule has 21 heavy (non-hydrogen) atoms. The molecule has 0 saturated heterocycles. The predicted octanol–water partition coefficient (Wildman–Crippen LogP) is 4.44. The molecule has 2 aromatic rings. The summed E-state index contributed by atoms with van der Waals surface area (Å²) in [6, 6.07) is 13.4. The van der Waals surface area contributed by atoms with Crippen LogP contribution in [0.4, 0.5) is 0 Å². The van der Waals surface area contributed by atoms with E-state index in [1.165, 1.54) is 0 Å². The minimum atomic E-state index is -0.171. The van der Waals surface area contributed by atoms with Crippen LogP contribution < -0.4 is 16.0 Å². The third-order valence-corrected chi connectivity index (χ3v) is 3.96. The lowest BCUT2D eigenvalue weighted by Crippen LogP contribution is -2.29. The van der Waals surface area contributed by atoms with Gasteiger partial charge in [-0.1, -0.05) is 46.6 Å². The maximum atomic E-state index is 6.28. The Hall–Kier alpha value is -1.07. The van der Waals surface area contributed by atoms with Gasteiger partial charge in [0.05, 0.1) is 12.6 Å². The van der Waals surface area contributed by atoms with E-state index in [2.05, 4.69) is 28.3 Å². The molecule has 0 aliphatic heterocycles. The summed E-state index contributed by atoms with van der Waals surface area (Å²) in [5, 5.41) is 0.674. The summed E-state index contributed by atoms with van der Waals surface area (Å²) in [6.45, 7) is 2.80. The van der Waals surface area contributed by atoms with Gasteiger partial charge in [-0.15, -0.1) is 0 Å². The van der Waals surface area contributed by atoms with E-state index in [1.54, 1.807) is 0 Å². The highest BCUT2D eigenvalue weighted by atomic mass is 79.9. The normalized spacial score (nSPS) is 12.2. The third kappa shape index (κ3) is 4.20. The Balaban J connectivity index is 2.26. The number of ether oxygens (including phenoxy) is 1. The van der Waals surface area contributed by atoms with Crippen molar-refractivity contribution in [3.05, 3.63) is 63.1 Å². The molecule has 112 valence electrons. The average Bonchev–Trinajstić information content (AvgIpc) is 2.50. The largest absolute Gasteiger partial charge is 0.494 e. The van der Waals surface area contributed by atoms with Gasteiger partial charge in [0.1, 0.15) is 5.75 Å². The molecule has 5 heteroatoms. The summed E-state index contributed by atoms with van der Waals surface area (Å²) in [6.07, 6.45) is 0.988. The lowest BCUT2D eigenvalue weighted by Gasteiger charge is -2.19. The first-order valence-electron chi connectivity index (χ1n) is 6.79. The number of hydrazine groups is 1. The van der Waals surface area contributed by atoms with Crippen molar-refractivity contribution >= 4 is 27.5 Å². The summed E-state index contributed by atoms with van der Waals surface area (Å²) in [5.41, 5.74) is 4.77. The van der Waals surface area contributed by atoms with Gasteiger partial charge >= 0.3 is 0 Å². The quantitative estimate of drug-likeness (QED) is 0.584. The lowest BCUT2D eigenvalue weighted by atomic mass is 9.99. The van der Waals surface area contributed by atoms with Crippen molar-refractivity contribution in [2.45, 2.75) is 19.4 Å². The van der Waals surface area contributed by atoms with Crippen LogP contribution >= 0.6 is 27.5 Å². The fourth-order valence-corrected chi connectivity index (χ4v) is 2.68. The fraction of sp³-hybridized carbons (Fsp3) is 0.250. The first-order chi connectivity index (χ1) is 10.2. The highest BCUT2D eigenvalue weighted by Crippen LogP contribution is 2.31. The molecular weight excluding hydrogens is 352 g/mol. The first kappa shape index (κ1) is 16.3. The molecule has 1 atom stereocenters. The van der Waals surface area contributed by atoms with E-state index in [0.29, 0.717) is 5.02 Å². The van der Waals surface area contributed by atoms with Crippen molar-refractivity contribution in [3.63, 3.8) is 0 Å². The highest BCUT2D eigenvalue weighted by molar-refractivity contribution is 9.10. The molecule has 0 aliphatic rings. The lowest BCUT2D eigenvalue weighted by molar-refractivity contribution is 0.317. The van der Waals surface area contributed by atoms with E-state index in [0.717, 1.165) is 34.4 Å². The van der Waals surface area contributed by atoms with Crippen LogP contribution in [-0.2, 0) is 0 Å².